The number of nitriles is 1. The van der Waals surface area contributed by atoms with Gasteiger partial charge in [0.15, 0.2) is 11.5 Å². The Bertz CT molecular complexity index is 1240. The second-order valence-corrected chi connectivity index (χ2v) is 6.64. The second kappa shape index (κ2) is 6.07. The van der Waals surface area contributed by atoms with Crippen molar-refractivity contribution in [1.82, 2.24) is 29.9 Å². The van der Waals surface area contributed by atoms with Gasteiger partial charge in [-0.25, -0.2) is 9.97 Å². The maximum atomic E-state index is 9.37. The minimum absolute atomic E-state index is 0.0661. The van der Waals surface area contributed by atoms with Crippen molar-refractivity contribution in [1.29, 1.82) is 5.26 Å². The SMILES string of the molecule is Cc1nn(C)c(C)c1-c1nc(N)c(C#N)nc1-c1cc(Cl)c2[nH]ncc2c1. The number of H-pyrrole nitrogens is 1. The summed E-state index contributed by atoms with van der Waals surface area (Å²) in [5, 5.41) is 22.0. The number of hydrogen-bond acceptors (Lipinski definition) is 6. The van der Waals surface area contributed by atoms with Gasteiger partial charge in [-0.3, -0.25) is 9.78 Å². The van der Waals surface area contributed by atoms with E-state index in [0.29, 0.717) is 16.4 Å². The molecule has 3 aromatic heterocycles. The highest BCUT2D eigenvalue weighted by Crippen LogP contribution is 2.36. The molecular formula is C18H15ClN8. The van der Waals surface area contributed by atoms with E-state index in [0.717, 1.165) is 33.4 Å². The summed E-state index contributed by atoms with van der Waals surface area (Å²) in [5.41, 5.74) is 11.1. The average Bonchev–Trinajstić information content (AvgIpc) is 3.20. The third-order valence-corrected chi connectivity index (χ3v) is 4.85. The second-order valence-electron chi connectivity index (χ2n) is 6.23. The highest BCUT2D eigenvalue weighted by atomic mass is 35.5. The molecule has 27 heavy (non-hydrogen) atoms. The molecule has 0 aliphatic heterocycles. The number of hydrogen-bond donors (Lipinski definition) is 2. The van der Waals surface area contributed by atoms with Gasteiger partial charge in [-0.05, 0) is 26.0 Å². The number of halogens is 1. The van der Waals surface area contributed by atoms with Crippen LogP contribution in [0.3, 0.4) is 0 Å². The zero-order chi connectivity index (χ0) is 19.3. The summed E-state index contributed by atoms with van der Waals surface area (Å²) in [6, 6.07) is 5.67. The summed E-state index contributed by atoms with van der Waals surface area (Å²) >= 11 is 6.40. The predicted octanol–water partition coefficient (Wildman–Crippen LogP) is 3.14. The number of benzene rings is 1. The van der Waals surface area contributed by atoms with Crippen molar-refractivity contribution in [3.8, 4) is 28.6 Å². The monoisotopic (exact) mass is 378 g/mol. The fourth-order valence-corrected chi connectivity index (χ4v) is 3.44. The number of rotatable bonds is 2. The Morgan fingerprint density at radius 1 is 1.22 bits per heavy atom. The van der Waals surface area contributed by atoms with Crippen molar-refractivity contribution < 1.29 is 0 Å². The summed E-state index contributed by atoms with van der Waals surface area (Å²) in [5.74, 6) is 0.0781. The lowest BCUT2D eigenvalue weighted by molar-refractivity contribution is 0.731. The van der Waals surface area contributed by atoms with Gasteiger partial charge in [0, 0.05) is 29.3 Å². The van der Waals surface area contributed by atoms with E-state index in [-0.39, 0.29) is 11.5 Å². The van der Waals surface area contributed by atoms with Crippen LogP contribution in [0.25, 0.3) is 33.4 Å². The number of nitrogens with two attached hydrogens (primary N) is 1. The van der Waals surface area contributed by atoms with Crippen molar-refractivity contribution in [3.05, 3.63) is 40.4 Å². The maximum absolute atomic E-state index is 9.37. The Labute approximate surface area is 159 Å². The molecule has 0 radical (unpaired) electrons. The normalized spacial score (nSPS) is 11.1. The van der Waals surface area contributed by atoms with E-state index < -0.39 is 0 Å². The molecule has 0 aliphatic rings. The molecular weight excluding hydrogens is 364 g/mol. The van der Waals surface area contributed by atoms with Gasteiger partial charge in [0.1, 0.15) is 11.8 Å². The molecule has 0 bridgehead atoms. The lowest BCUT2D eigenvalue weighted by Gasteiger charge is -2.11. The van der Waals surface area contributed by atoms with Gasteiger partial charge in [0.2, 0.25) is 0 Å². The van der Waals surface area contributed by atoms with E-state index in [1.807, 2.05) is 33.0 Å². The number of anilines is 1. The van der Waals surface area contributed by atoms with Crippen molar-refractivity contribution in [3.63, 3.8) is 0 Å². The molecule has 3 N–H and O–H groups in total. The topological polar surface area (TPSA) is 122 Å². The predicted molar refractivity (Wildman–Crippen MR) is 103 cm³/mol. The lowest BCUT2D eigenvalue weighted by atomic mass is 10.0. The molecule has 1 aromatic carbocycles. The van der Waals surface area contributed by atoms with E-state index in [1.54, 1.807) is 16.9 Å². The number of aromatic nitrogens is 6. The summed E-state index contributed by atoms with van der Waals surface area (Å²) in [6.45, 7) is 3.84. The molecule has 4 rings (SSSR count). The van der Waals surface area contributed by atoms with E-state index in [1.165, 1.54) is 0 Å². The first-order chi connectivity index (χ1) is 12.9. The number of nitrogens with one attached hydrogen (secondary N) is 1. The van der Waals surface area contributed by atoms with E-state index in [2.05, 4.69) is 25.3 Å². The van der Waals surface area contributed by atoms with Crippen LogP contribution in [0.15, 0.2) is 18.3 Å². The van der Waals surface area contributed by atoms with Crippen molar-refractivity contribution in [2.45, 2.75) is 13.8 Å². The van der Waals surface area contributed by atoms with Gasteiger partial charge in [0.05, 0.1) is 28.1 Å². The highest BCUT2D eigenvalue weighted by Gasteiger charge is 2.22. The molecule has 0 spiro atoms. The molecule has 0 fully saturated rings. The Morgan fingerprint density at radius 2 is 2.00 bits per heavy atom. The van der Waals surface area contributed by atoms with Crippen LogP contribution < -0.4 is 5.73 Å². The molecule has 0 saturated heterocycles. The molecule has 4 aromatic rings. The maximum Gasteiger partial charge on any atom is 0.183 e. The van der Waals surface area contributed by atoms with Crippen LogP contribution in [0.4, 0.5) is 5.82 Å². The van der Waals surface area contributed by atoms with Crippen molar-refractivity contribution in [2.75, 3.05) is 5.73 Å². The summed E-state index contributed by atoms with van der Waals surface area (Å²) in [7, 11) is 1.86. The minimum Gasteiger partial charge on any atom is -0.381 e. The molecule has 0 aliphatic carbocycles. The Hall–Kier alpha value is -3.44. The zero-order valence-corrected chi connectivity index (χ0v) is 15.6. The first-order valence-electron chi connectivity index (χ1n) is 8.12. The molecule has 0 saturated carbocycles. The molecule has 8 nitrogen and oxygen atoms in total. The Kier molecular flexibility index (Phi) is 3.82. The quantitative estimate of drug-likeness (QED) is 0.552. The minimum atomic E-state index is 0.0661. The average molecular weight is 379 g/mol. The van der Waals surface area contributed by atoms with Crippen LogP contribution in [-0.4, -0.2) is 29.9 Å². The molecule has 134 valence electrons. The summed E-state index contributed by atoms with van der Waals surface area (Å²) in [6.07, 6.45) is 1.68. The Balaban J connectivity index is 2.08. The first kappa shape index (κ1) is 17.0. The molecule has 0 atom stereocenters. The molecule has 0 unspecified atom stereocenters. The van der Waals surface area contributed by atoms with Gasteiger partial charge < -0.3 is 5.73 Å². The molecule has 0 amide bonds. The lowest BCUT2D eigenvalue weighted by Crippen LogP contribution is -2.04. The smallest absolute Gasteiger partial charge is 0.183 e. The van der Waals surface area contributed by atoms with Crippen LogP contribution >= 0.6 is 11.6 Å². The largest absolute Gasteiger partial charge is 0.381 e. The standard InChI is InChI=1S/C18H15ClN8/c1-8-14(9(2)27(3)26-8)17-16(23-13(6-20)18(21)24-17)10-4-11-7-22-25-15(11)12(19)5-10/h4-5,7H,1-3H3,(H2,21,24)(H,22,25). The van der Waals surface area contributed by atoms with Crippen molar-refractivity contribution >= 4 is 28.3 Å². The van der Waals surface area contributed by atoms with E-state index in [9.17, 15) is 5.26 Å². The number of nitrogen functional groups attached to an aromatic ring is 1. The summed E-state index contributed by atoms with van der Waals surface area (Å²) < 4.78 is 1.77. The third-order valence-electron chi connectivity index (χ3n) is 4.55. The van der Waals surface area contributed by atoms with E-state index >= 15 is 0 Å². The van der Waals surface area contributed by atoms with Gasteiger partial charge in [-0.15, -0.1) is 0 Å². The molecule has 3 heterocycles. The third kappa shape index (κ3) is 2.60. The Morgan fingerprint density at radius 3 is 2.67 bits per heavy atom. The number of aromatic amines is 1. The summed E-state index contributed by atoms with van der Waals surface area (Å²) in [4.78, 5) is 8.98. The van der Waals surface area contributed by atoms with E-state index in [4.69, 9.17) is 17.3 Å². The van der Waals surface area contributed by atoms with Crippen LogP contribution in [0, 0.1) is 25.2 Å². The van der Waals surface area contributed by atoms with Gasteiger partial charge >= 0.3 is 0 Å². The van der Waals surface area contributed by atoms with Crippen molar-refractivity contribution in [2.24, 2.45) is 7.05 Å². The van der Waals surface area contributed by atoms with Crippen LogP contribution in [0.2, 0.25) is 5.02 Å². The highest BCUT2D eigenvalue weighted by molar-refractivity contribution is 6.35. The van der Waals surface area contributed by atoms with Gasteiger partial charge in [-0.2, -0.15) is 15.5 Å². The zero-order valence-electron chi connectivity index (χ0n) is 14.9. The van der Waals surface area contributed by atoms with Crippen LogP contribution in [0.1, 0.15) is 17.1 Å². The first-order valence-corrected chi connectivity index (χ1v) is 8.49. The number of nitrogens with zero attached hydrogens (tertiary/aromatic N) is 6. The van der Waals surface area contributed by atoms with Gasteiger partial charge in [-0.1, -0.05) is 11.6 Å². The van der Waals surface area contributed by atoms with Gasteiger partial charge in [0.25, 0.3) is 0 Å². The fraction of sp³-hybridized carbons (Fsp3) is 0.167. The number of fused-ring (bicyclic) bond motifs is 1. The fourth-order valence-electron chi connectivity index (χ4n) is 3.17. The number of aryl methyl sites for hydroxylation is 2. The molecule has 9 heteroatoms. The van der Waals surface area contributed by atoms with Crippen LogP contribution in [0.5, 0.6) is 0 Å². The van der Waals surface area contributed by atoms with Crippen LogP contribution in [-0.2, 0) is 7.05 Å².